The van der Waals surface area contributed by atoms with Crippen molar-refractivity contribution in [2.45, 2.75) is 6.92 Å². The summed E-state index contributed by atoms with van der Waals surface area (Å²) in [7, 11) is 1.87. The van der Waals surface area contributed by atoms with Crippen molar-refractivity contribution in [3.05, 3.63) is 58.1 Å². The monoisotopic (exact) mass is 401 g/mol. The van der Waals surface area contributed by atoms with Crippen LogP contribution in [0, 0.1) is 18.3 Å². The van der Waals surface area contributed by atoms with Crippen LogP contribution in [0.15, 0.2) is 46.9 Å². The third-order valence-electron chi connectivity index (χ3n) is 3.60. The molecule has 0 atom stereocenters. The van der Waals surface area contributed by atoms with Gasteiger partial charge in [0.2, 0.25) is 5.91 Å². The summed E-state index contributed by atoms with van der Waals surface area (Å²) in [6.07, 6.45) is 0. The minimum absolute atomic E-state index is 0.0636. The van der Waals surface area contributed by atoms with Gasteiger partial charge in [-0.1, -0.05) is 15.9 Å². The fourth-order valence-electron chi connectivity index (χ4n) is 2.23. The number of nitrogens with zero attached hydrogens (tertiary/aromatic N) is 2. The van der Waals surface area contributed by atoms with Crippen LogP contribution in [-0.2, 0) is 4.79 Å². The van der Waals surface area contributed by atoms with E-state index in [2.05, 4.69) is 27.3 Å². The van der Waals surface area contributed by atoms with Gasteiger partial charge < -0.3 is 10.1 Å². The van der Waals surface area contributed by atoms with E-state index in [1.165, 1.54) is 0 Å². The largest absolute Gasteiger partial charge is 0.492 e. The zero-order valence-electron chi connectivity index (χ0n) is 14.3. The lowest BCUT2D eigenvalue weighted by molar-refractivity contribution is -0.117. The molecular formula is C19H20BrN3O2. The summed E-state index contributed by atoms with van der Waals surface area (Å²) in [5.74, 6) is 0.647. The average molecular weight is 402 g/mol. The summed E-state index contributed by atoms with van der Waals surface area (Å²) in [5, 5.41) is 11.7. The van der Waals surface area contributed by atoms with Gasteiger partial charge >= 0.3 is 0 Å². The van der Waals surface area contributed by atoms with Gasteiger partial charge in [0.15, 0.2) is 0 Å². The number of carbonyl (C=O) groups is 1. The number of aryl methyl sites for hydroxylation is 1. The number of hydrogen-bond donors (Lipinski definition) is 1. The van der Waals surface area contributed by atoms with Crippen LogP contribution in [0.2, 0.25) is 0 Å². The van der Waals surface area contributed by atoms with Crippen LogP contribution < -0.4 is 10.1 Å². The van der Waals surface area contributed by atoms with E-state index in [4.69, 9.17) is 10.00 Å². The van der Waals surface area contributed by atoms with Crippen LogP contribution in [0.4, 0.5) is 5.69 Å². The number of carbonyl (C=O) groups excluding carboxylic acids is 1. The molecule has 0 aliphatic carbocycles. The Bertz CT molecular complexity index is 769. The topological polar surface area (TPSA) is 65.4 Å². The van der Waals surface area contributed by atoms with Gasteiger partial charge in [0, 0.05) is 16.7 Å². The number of hydrogen-bond acceptors (Lipinski definition) is 4. The molecule has 0 saturated carbocycles. The van der Waals surface area contributed by atoms with Gasteiger partial charge in [0.05, 0.1) is 18.2 Å². The molecule has 1 N–H and O–H groups in total. The first kappa shape index (κ1) is 19.0. The normalized spacial score (nSPS) is 10.4. The maximum absolute atomic E-state index is 12.1. The Labute approximate surface area is 156 Å². The average Bonchev–Trinajstić information content (AvgIpc) is 2.58. The molecule has 130 valence electrons. The quantitative estimate of drug-likeness (QED) is 0.769. The second-order valence-corrected chi connectivity index (χ2v) is 6.65. The molecule has 2 rings (SSSR count). The third kappa shape index (κ3) is 6.22. The Morgan fingerprint density at radius 1 is 1.28 bits per heavy atom. The first-order chi connectivity index (χ1) is 12.0. The molecule has 0 aliphatic rings. The fourth-order valence-corrected chi connectivity index (χ4v) is 2.70. The highest BCUT2D eigenvalue weighted by molar-refractivity contribution is 9.10. The second-order valence-electron chi connectivity index (χ2n) is 5.73. The predicted octanol–water partition coefficient (Wildman–Crippen LogP) is 3.58. The van der Waals surface area contributed by atoms with Crippen LogP contribution in [-0.4, -0.2) is 37.6 Å². The predicted molar refractivity (Wildman–Crippen MR) is 102 cm³/mol. The summed E-state index contributed by atoms with van der Waals surface area (Å²) >= 11 is 3.41. The Kier molecular flexibility index (Phi) is 6.99. The van der Waals surface area contributed by atoms with Crippen molar-refractivity contribution in [2.75, 3.05) is 32.1 Å². The molecule has 2 aromatic rings. The van der Waals surface area contributed by atoms with E-state index in [-0.39, 0.29) is 12.5 Å². The van der Waals surface area contributed by atoms with Gasteiger partial charge in [-0.25, -0.2) is 0 Å². The third-order valence-corrected chi connectivity index (χ3v) is 4.09. The lowest BCUT2D eigenvalue weighted by Crippen LogP contribution is -2.33. The molecule has 0 saturated heterocycles. The number of benzene rings is 2. The van der Waals surface area contributed by atoms with E-state index < -0.39 is 0 Å². The summed E-state index contributed by atoms with van der Waals surface area (Å²) in [5.41, 5.74) is 2.43. The van der Waals surface area contributed by atoms with Crippen molar-refractivity contribution in [1.29, 1.82) is 5.26 Å². The van der Waals surface area contributed by atoms with Gasteiger partial charge in [-0.3, -0.25) is 9.69 Å². The standard InChI is InChI=1S/C19H20BrN3O2/c1-14-11-16(20)5-8-18(14)22-19(24)13-23(2)9-10-25-17-6-3-15(12-21)4-7-17/h3-8,11H,9-10,13H2,1-2H3,(H,22,24). The molecule has 6 heteroatoms. The maximum Gasteiger partial charge on any atom is 0.238 e. The van der Waals surface area contributed by atoms with E-state index in [1.807, 2.05) is 37.1 Å². The second kappa shape index (κ2) is 9.21. The molecule has 0 bridgehead atoms. The van der Waals surface area contributed by atoms with Gasteiger partial charge in [0.1, 0.15) is 12.4 Å². The lowest BCUT2D eigenvalue weighted by Gasteiger charge is -2.17. The molecule has 0 aromatic heterocycles. The summed E-state index contributed by atoms with van der Waals surface area (Å²) in [6.45, 7) is 3.32. The minimum Gasteiger partial charge on any atom is -0.492 e. The molecular weight excluding hydrogens is 382 g/mol. The van der Waals surface area contributed by atoms with E-state index in [9.17, 15) is 4.79 Å². The number of halogens is 1. The molecule has 1 amide bonds. The van der Waals surface area contributed by atoms with Crippen LogP contribution in [0.3, 0.4) is 0 Å². The maximum atomic E-state index is 12.1. The molecule has 0 spiro atoms. The minimum atomic E-state index is -0.0636. The molecule has 25 heavy (non-hydrogen) atoms. The molecule has 5 nitrogen and oxygen atoms in total. The first-order valence-electron chi connectivity index (χ1n) is 7.85. The molecule has 0 aliphatic heterocycles. The SMILES string of the molecule is Cc1cc(Br)ccc1NC(=O)CN(C)CCOc1ccc(C#N)cc1. The van der Waals surface area contributed by atoms with E-state index in [0.717, 1.165) is 15.7 Å². The Hall–Kier alpha value is -2.36. The van der Waals surface area contributed by atoms with Crippen LogP contribution in [0.25, 0.3) is 0 Å². The number of nitrogens with one attached hydrogen (secondary N) is 1. The van der Waals surface area contributed by atoms with Crippen molar-refractivity contribution in [1.82, 2.24) is 4.90 Å². The summed E-state index contributed by atoms with van der Waals surface area (Å²) in [4.78, 5) is 14.0. The van der Waals surface area contributed by atoms with E-state index in [1.54, 1.807) is 24.3 Å². The highest BCUT2D eigenvalue weighted by Gasteiger charge is 2.09. The molecule has 2 aromatic carbocycles. The Morgan fingerprint density at radius 2 is 2.00 bits per heavy atom. The fraction of sp³-hybridized carbons (Fsp3) is 0.263. The van der Waals surface area contributed by atoms with E-state index in [0.29, 0.717) is 24.5 Å². The zero-order valence-corrected chi connectivity index (χ0v) is 15.8. The highest BCUT2D eigenvalue weighted by Crippen LogP contribution is 2.19. The summed E-state index contributed by atoms with van der Waals surface area (Å²) < 4.78 is 6.61. The first-order valence-corrected chi connectivity index (χ1v) is 8.65. The molecule has 0 radical (unpaired) electrons. The van der Waals surface area contributed by atoms with Crippen molar-refractivity contribution >= 4 is 27.5 Å². The highest BCUT2D eigenvalue weighted by atomic mass is 79.9. The smallest absolute Gasteiger partial charge is 0.238 e. The number of ether oxygens (including phenoxy) is 1. The number of amides is 1. The Balaban J connectivity index is 1.74. The van der Waals surface area contributed by atoms with Gasteiger partial charge in [0.25, 0.3) is 0 Å². The van der Waals surface area contributed by atoms with Crippen LogP contribution in [0.1, 0.15) is 11.1 Å². The van der Waals surface area contributed by atoms with Crippen molar-refractivity contribution < 1.29 is 9.53 Å². The van der Waals surface area contributed by atoms with Crippen LogP contribution in [0.5, 0.6) is 5.75 Å². The zero-order chi connectivity index (χ0) is 18.2. The molecule has 0 heterocycles. The van der Waals surface area contributed by atoms with Gasteiger partial charge in [-0.05, 0) is 62.0 Å². The van der Waals surface area contributed by atoms with Crippen LogP contribution >= 0.6 is 15.9 Å². The number of likely N-dealkylation sites (N-methyl/N-ethyl adjacent to an activating group) is 1. The van der Waals surface area contributed by atoms with Crippen molar-refractivity contribution in [2.24, 2.45) is 0 Å². The number of nitriles is 1. The van der Waals surface area contributed by atoms with Gasteiger partial charge in [-0.15, -0.1) is 0 Å². The molecule has 0 unspecified atom stereocenters. The summed E-state index contributed by atoms with van der Waals surface area (Å²) in [6, 6.07) is 14.8. The van der Waals surface area contributed by atoms with E-state index >= 15 is 0 Å². The number of anilines is 1. The van der Waals surface area contributed by atoms with Crippen molar-refractivity contribution in [3.63, 3.8) is 0 Å². The van der Waals surface area contributed by atoms with Gasteiger partial charge in [-0.2, -0.15) is 5.26 Å². The van der Waals surface area contributed by atoms with Crippen molar-refractivity contribution in [3.8, 4) is 11.8 Å². The lowest BCUT2D eigenvalue weighted by atomic mass is 10.2. The Morgan fingerprint density at radius 3 is 2.64 bits per heavy atom. The number of rotatable bonds is 7. The molecule has 0 fully saturated rings.